The topological polar surface area (TPSA) is 85.7 Å². The van der Waals surface area contributed by atoms with Gasteiger partial charge in [0.2, 0.25) is 5.95 Å². The second kappa shape index (κ2) is 10.1. The molecule has 33 heavy (non-hydrogen) atoms. The number of carbonyl (C=O) groups excluding carboxylic acids is 1. The highest BCUT2D eigenvalue weighted by Crippen LogP contribution is 2.19. The second-order valence-corrected chi connectivity index (χ2v) is 8.16. The highest BCUT2D eigenvalue weighted by molar-refractivity contribution is 6.30. The number of rotatable bonds is 7. The highest BCUT2D eigenvalue weighted by Gasteiger charge is 2.26. The van der Waals surface area contributed by atoms with Gasteiger partial charge in [0.25, 0.3) is 11.5 Å². The van der Waals surface area contributed by atoms with Crippen molar-refractivity contribution < 1.29 is 14.4 Å². The third-order valence-electron chi connectivity index (χ3n) is 5.14. The molecule has 0 spiro atoms. The van der Waals surface area contributed by atoms with Crippen molar-refractivity contribution in [2.45, 2.75) is 13.0 Å². The minimum Gasteiger partial charge on any atom is -0.484 e. The Morgan fingerprint density at radius 3 is 2.45 bits per heavy atom. The lowest BCUT2D eigenvalue weighted by molar-refractivity contribution is -0.134. The molecule has 3 aromatic rings. The number of nitrogens with one attached hydrogen (secondary N) is 1. The maximum atomic E-state index is 13.0. The Morgan fingerprint density at radius 2 is 1.79 bits per heavy atom. The quantitative estimate of drug-likeness (QED) is 0.515. The van der Waals surface area contributed by atoms with Crippen LogP contribution in [0.5, 0.6) is 5.75 Å². The van der Waals surface area contributed by atoms with Gasteiger partial charge in [-0.2, -0.15) is 17.7 Å². The molecule has 2 aromatic carbocycles. The molecule has 1 N–H and O–H groups in total. The molecule has 4 rings (SSSR count). The van der Waals surface area contributed by atoms with Crippen LogP contribution in [0.15, 0.2) is 53.3 Å². The van der Waals surface area contributed by atoms with Crippen LogP contribution in [-0.4, -0.2) is 40.8 Å². The SMILES string of the molecule is COn1c(N[CH-]c2ccc(Cl)cc2)nc2c(c1=O)CN(C(=O)COc1ccc(Cl)cc1)CC2. The largest absolute Gasteiger partial charge is 0.484 e. The van der Waals surface area contributed by atoms with E-state index in [0.717, 1.165) is 10.3 Å². The van der Waals surface area contributed by atoms with Crippen LogP contribution in [0.1, 0.15) is 16.8 Å². The molecule has 1 amide bonds. The van der Waals surface area contributed by atoms with Gasteiger partial charge < -0.3 is 19.8 Å². The fraction of sp³-hybridized carbons (Fsp3) is 0.217. The first-order valence-corrected chi connectivity index (χ1v) is 10.9. The molecular weight excluding hydrogens is 467 g/mol. The monoisotopic (exact) mass is 487 g/mol. The number of aromatic nitrogens is 2. The fourth-order valence-electron chi connectivity index (χ4n) is 3.41. The molecular formula is C23H21Cl2N4O4-. The minimum absolute atomic E-state index is 0.133. The summed E-state index contributed by atoms with van der Waals surface area (Å²) < 4.78 is 6.62. The van der Waals surface area contributed by atoms with E-state index in [2.05, 4.69) is 10.3 Å². The van der Waals surface area contributed by atoms with Gasteiger partial charge in [0.1, 0.15) is 12.9 Å². The van der Waals surface area contributed by atoms with Gasteiger partial charge >= 0.3 is 0 Å². The summed E-state index contributed by atoms with van der Waals surface area (Å²) in [5.41, 5.74) is 1.53. The third-order valence-corrected chi connectivity index (χ3v) is 5.64. The first kappa shape index (κ1) is 22.8. The molecule has 0 radical (unpaired) electrons. The van der Waals surface area contributed by atoms with Gasteiger partial charge in [0.05, 0.1) is 17.8 Å². The maximum Gasteiger partial charge on any atom is 0.293 e. The van der Waals surface area contributed by atoms with E-state index >= 15 is 0 Å². The van der Waals surface area contributed by atoms with Gasteiger partial charge in [0, 0.05) is 23.0 Å². The second-order valence-electron chi connectivity index (χ2n) is 7.29. The van der Waals surface area contributed by atoms with Crippen molar-refractivity contribution in [3.63, 3.8) is 0 Å². The zero-order valence-corrected chi connectivity index (χ0v) is 19.3. The van der Waals surface area contributed by atoms with Crippen LogP contribution < -0.4 is 20.5 Å². The van der Waals surface area contributed by atoms with Crippen LogP contribution in [-0.2, 0) is 17.8 Å². The Morgan fingerprint density at radius 1 is 1.12 bits per heavy atom. The number of amides is 1. The normalized spacial score (nSPS) is 12.6. The van der Waals surface area contributed by atoms with E-state index < -0.39 is 0 Å². The van der Waals surface area contributed by atoms with Crippen molar-refractivity contribution in [1.29, 1.82) is 0 Å². The summed E-state index contributed by atoms with van der Waals surface area (Å²) in [6, 6.07) is 14.0. The number of carbonyl (C=O) groups is 1. The number of nitrogens with zero attached hydrogens (tertiary/aromatic N) is 3. The molecule has 0 bridgehead atoms. The number of halogens is 2. The van der Waals surface area contributed by atoms with Crippen molar-refractivity contribution in [1.82, 2.24) is 14.6 Å². The van der Waals surface area contributed by atoms with E-state index in [9.17, 15) is 9.59 Å². The Bertz CT molecular complexity index is 1200. The first-order chi connectivity index (χ1) is 15.9. The summed E-state index contributed by atoms with van der Waals surface area (Å²) in [6.07, 6.45) is 0.442. The molecule has 0 unspecified atom stereocenters. The van der Waals surface area contributed by atoms with Crippen LogP contribution in [0.3, 0.4) is 0 Å². The van der Waals surface area contributed by atoms with Crippen molar-refractivity contribution in [2.24, 2.45) is 0 Å². The van der Waals surface area contributed by atoms with Gasteiger partial charge in [-0.05, 0) is 24.3 Å². The molecule has 2 heterocycles. The van der Waals surface area contributed by atoms with Gasteiger partial charge in [-0.25, -0.2) is 4.98 Å². The van der Waals surface area contributed by atoms with Crippen molar-refractivity contribution >= 4 is 35.1 Å². The summed E-state index contributed by atoms with van der Waals surface area (Å²) in [5.74, 6) is 0.570. The Balaban J connectivity index is 1.45. The molecule has 8 nitrogen and oxygen atoms in total. The standard InChI is InChI=1S/C23H21Cl2N4O4/c1-32-29-22(31)19-13-28(21(30)14-33-18-8-6-17(25)7-9-18)11-10-20(19)27-23(29)26-12-15-2-4-16(24)5-3-15/h2-9,12H,10-11,13-14H2,1H3,(H,26,27)/q-1. The number of hydrogen-bond acceptors (Lipinski definition) is 6. The zero-order valence-electron chi connectivity index (χ0n) is 17.8. The lowest BCUT2D eigenvalue weighted by Gasteiger charge is -2.29. The fourth-order valence-corrected chi connectivity index (χ4v) is 3.66. The molecule has 1 aliphatic heterocycles. The summed E-state index contributed by atoms with van der Waals surface area (Å²) in [7, 11) is 1.38. The summed E-state index contributed by atoms with van der Waals surface area (Å²) in [6.45, 7) is 2.12. The highest BCUT2D eigenvalue weighted by atomic mass is 35.5. The van der Waals surface area contributed by atoms with Crippen LogP contribution >= 0.6 is 23.2 Å². The van der Waals surface area contributed by atoms with Crippen molar-refractivity contribution in [3.8, 4) is 5.75 Å². The number of hydrogen-bond donors (Lipinski definition) is 1. The number of benzene rings is 2. The van der Waals surface area contributed by atoms with E-state index in [1.165, 1.54) is 7.11 Å². The Labute approximate surface area is 200 Å². The number of anilines is 1. The predicted molar refractivity (Wildman–Crippen MR) is 126 cm³/mol. The van der Waals surface area contributed by atoms with E-state index in [0.29, 0.717) is 40.0 Å². The average Bonchev–Trinajstić information content (AvgIpc) is 2.83. The van der Waals surface area contributed by atoms with Crippen LogP contribution in [0.25, 0.3) is 0 Å². The molecule has 0 aliphatic carbocycles. The van der Waals surface area contributed by atoms with Crippen LogP contribution in [0, 0.1) is 6.54 Å². The van der Waals surface area contributed by atoms with E-state index in [4.69, 9.17) is 32.8 Å². The van der Waals surface area contributed by atoms with Gasteiger partial charge in [-0.3, -0.25) is 9.59 Å². The van der Waals surface area contributed by atoms with E-state index in [1.54, 1.807) is 47.8 Å². The summed E-state index contributed by atoms with van der Waals surface area (Å²) in [5, 5.41) is 4.23. The van der Waals surface area contributed by atoms with E-state index in [-0.39, 0.29) is 30.6 Å². The van der Waals surface area contributed by atoms with Crippen molar-refractivity contribution in [3.05, 3.63) is 92.3 Å². The third kappa shape index (κ3) is 5.35. The number of fused-ring (bicyclic) bond motifs is 1. The molecule has 0 saturated heterocycles. The molecule has 10 heteroatoms. The lowest BCUT2D eigenvalue weighted by atomic mass is 10.1. The van der Waals surface area contributed by atoms with Crippen molar-refractivity contribution in [2.75, 3.05) is 25.6 Å². The molecule has 1 aliphatic rings. The summed E-state index contributed by atoms with van der Waals surface area (Å²) in [4.78, 5) is 37.1. The smallest absolute Gasteiger partial charge is 0.293 e. The van der Waals surface area contributed by atoms with Gasteiger partial charge in [0.15, 0.2) is 6.61 Å². The lowest BCUT2D eigenvalue weighted by Crippen LogP contribution is -2.43. The molecule has 172 valence electrons. The molecule has 0 fully saturated rings. The zero-order chi connectivity index (χ0) is 23.4. The molecule has 1 aromatic heterocycles. The maximum absolute atomic E-state index is 13.0. The Hall–Kier alpha value is -3.36. The molecule has 0 saturated carbocycles. The first-order valence-electron chi connectivity index (χ1n) is 10.2. The predicted octanol–water partition coefficient (Wildman–Crippen LogP) is 3.19. The van der Waals surface area contributed by atoms with Gasteiger partial charge in [-0.15, -0.1) is 4.73 Å². The van der Waals surface area contributed by atoms with Gasteiger partial charge in [-0.1, -0.05) is 41.9 Å². The molecule has 0 atom stereocenters. The van der Waals surface area contributed by atoms with Crippen LogP contribution in [0.4, 0.5) is 5.95 Å². The Kier molecular flexibility index (Phi) is 6.96. The number of ether oxygens (including phenoxy) is 1. The minimum atomic E-state index is -0.370. The average molecular weight is 488 g/mol. The summed E-state index contributed by atoms with van der Waals surface area (Å²) >= 11 is 11.8. The van der Waals surface area contributed by atoms with E-state index in [1.807, 2.05) is 12.1 Å². The van der Waals surface area contributed by atoms with Crippen LogP contribution in [0.2, 0.25) is 10.0 Å².